The molecule has 0 bridgehead atoms. The summed E-state index contributed by atoms with van der Waals surface area (Å²) in [6.45, 7) is 6.49. The van der Waals surface area contributed by atoms with Crippen LogP contribution in [0.4, 0.5) is 5.95 Å². The standard InChI is InChI=1S/C21H27Cl2N5OS/c1-27-7-9-28(10-8-27)6-2-5-24-21-25-13-16(22)19(26-21)18-11-14-3-4-15(20(23)29)12-17(14)30-18/h4,12-14,18H,2-3,5-11H2,1H3,(H,24,25,26). The second-order valence-electron chi connectivity index (χ2n) is 8.11. The van der Waals surface area contributed by atoms with Gasteiger partial charge >= 0.3 is 0 Å². The summed E-state index contributed by atoms with van der Waals surface area (Å²) in [7, 11) is 2.18. The molecule has 3 heterocycles. The van der Waals surface area contributed by atoms with Gasteiger partial charge in [-0.25, -0.2) is 9.97 Å². The number of likely N-dealkylation sites (N-methyl/N-ethyl adjacent to an activating group) is 1. The number of halogens is 2. The first-order chi connectivity index (χ1) is 14.5. The number of carbonyl (C=O) groups is 1. The molecular formula is C21H27Cl2N5OS. The molecule has 1 aromatic rings. The Morgan fingerprint density at radius 1 is 1.33 bits per heavy atom. The molecular weight excluding hydrogens is 441 g/mol. The number of carbonyl (C=O) groups excluding carboxylic acids is 1. The molecule has 2 fully saturated rings. The average molecular weight is 468 g/mol. The molecule has 2 saturated heterocycles. The number of fused-ring (bicyclic) bond motifs is 1. The smallest absolute Gasteiger partial charge is 0.252 e. The van der Waals surface area contributed by atoms with Crippen molar-refractivity contribution in [2.45, 2.75) is 24.5 Å². The summed E-state index contributed by atoms with van der Waals surface area (Å²) >= 11 is 13.8. The van der Waals surface area contributed by atoms with E-state index in [-0.39, 0.29) is 5.25 Å². The largest absolute Gasteiger partial charge is 0.354 e. The van der Waals surface area contributed by atoms with Crippen molar-refractivity contribution in [1.29, 1.82) is 0 Å². The lowest BCUT2D eigenvalue weighted by Gasteiger charge is -2.32. The monoisotopic (exact) mass is 467 g/mol. The van der Waals surface area contributed by atoms with E-state index >= 15 is 0 Å². The molecule has 6 nitrogen and oxygen atoms in total. The van der Waals surface area contributed by atoms with Crippen LogP contribution in [0.3, 0.4) is 0 Å². The Morgan fingerprint density at radius 2 is 2.13 bits per heavy atom. The maximum absolute atomic E-state index is 11.5. The summed E-state index contributed by atoms with van der Waals surface area (Å²) in [5.74, 6) is 1.04. The third kappa shape index (κ3) is 5.37. The summed E-state index contributed by atoms with van der Waals surface area (Å²) in [5.41, 5.74) is 1.46. The van der Waals surface area contributed by atoms with E-state index in [0.29, 0.717) is 22.5 Å². The van der Waals surface area contributed by atoms with Gasteiger partial charge in [-0.2, -0.15) is 0 Å². The number of nitrogens with one attached hydrogen (secondary N) is 1. The summed E-state index contributed by atoms with van der Waals surface area (Å²) in [4.78, 5) is 26.6. The Bertz CT molecular complexity index is 854. The van der Waals surface area contributed by atoms with E-state index in [1.54, 1.807) is 18.0 Å². The van der Waals surface area contributed by atoms with Crippen LogP contribution in [0.25, 0.3) is 0 Å². The quantitative estimate of drug-likeness (QED) is 0.480. The van der Waals surface area contributed by atoms with Gasteiger partial charge in [0, 0.05) is 38.3 Å². The number of aromatic nitrogens is 2. The lowest BCUT2D eigenvalue weighted by atomic mass is 9.92. The van der Waals surface area contributed by atoms with E-state index in [0.717, 1.165) is 64.2 Å². The van der Waals surface area contributed by atoms with E-state index < -0.39 is 5.24 Å². The molecule has 2 unspecified atom stereocenters. The van der Waals surface area contributed by atoms with Gasteiger partial charge in [-0.15, -0.1) is 11.8 Å². The molecule has 3 aliphatic rings. The van der Waals surface area contributed by atoms with Crippen molar-refractivity contribution < 1.29 is 4.79 Å². The molecule has 30 heavy (non-hydrogen) atoms. The lowest BCUT2D eigenvalue weighted by molar-refractivity contribution is -0.108. The Balaban J connectivity index is 1.32. The number of nitrogens with zero attached hydrogens (tertiary/aromatic N) is 4. The number of anilines is 1. The molecule has 1 aromatic heterocycles. The number of piperazine rings is 1. The Labute approximate surface area is 192 Å². The molecule has 2 atom stereocenters. The van der Waals surface area contributed by atoms with E-state index in [1.165, 1.54) is 4.91 Å². The van der Waals surface area contributed by atoms with Crippen molar-refractivity contribution in [3.8, 4) is 0 Å². The van der Waals surface area contributed by atoms with Gasteiger partial charge in [0.05, 0.1) is 22.2 Å². The van der Waals surface area contributed by atoms with E-state index in [1.807, 2.05) is 12.2 Å². The van der Waals surface area contributed by atoms with Crippen LogP contribution < -0.4 is 5.32 Å². The van der Waals surface area contributed by atoms with Crippen molar-refractivity contribution in [3.63, 3.8) is 0 Å². The van der Waals surface area contributed by atoms with Crippen LogP contribution >= 0.6 is 35.0 Å². The molecule has 9 heteroatoms. The molecule has 0 amide bonds. The second kappa shape index (κ2) is 10.0. The fraction of sp³-hybridized carbons (Fsp3) is 0.571. The van der Waals surface area contributed by atoms with Gasteiger partial charge in [-0.3, -0.25) is 4.79 Å². The van der Waals surface area contributed by atoms with Gasteiger partial charge in [-0.05, 0) is 61.4 Å². The highest BCUT2D eigenvalue weighted by Gasteiger charge is 2.35. The highest BCUT2D eigenvalue weighted by Crippen LogP contribution is 2.54. The molecule has 2 aliphatic heterocycles. The van der Waals surface area contributed by atoms with E-state index in [9.17, 15) is 4.79 Å². The van der Waals surface area contributed by atoms with Crippen LogP contribution in [-0.2, 0) is 4.79 Å². The van der Waals surface area contributed by atoms with Crippen LogP contribution in [0.15, 0.2) is 28.8 Å². The van der Waals surface area contributed by atoms with Gasteiger partial charge in [0.25, 0.3) is 5.24 Å². The van der Waals surface area contributed by atoms with Gasteiger partial charge in [0.2, 0.25) is 5.95 Å². The van der Waals surface area contributed by atoms with Crippen LogP contribution in [0.1, 0.15) is 30.2 Å². The van der Waals surface area contributed by atoms with Crippen molar-refractivity contribution in [2.24, 2.45) is 5.92 Å². The lowest BCUT2D eigenvalue weighted by Crippen LogP contribution is -2.44. The molecule has 0 saturated carbocycles. The highest BCUT2D eigenvalue weighted by atomic mass is 35.5. The minimum absolute atomic E-state index is 0.167. The predicted molar refractivity (Wildman–Crippen MR) is 124 cm³/mol. The van der Waals surface area contributed by atoms with Gasteiger partial charge in [0.1, 0.15) is 0 Å². The van der Waals surface area contributed by atoms with Crippen LogP contribution in [0.5, 0.6) is 0 Å². The fourth-order valence-corrected chi connectivity index (χ4v) is 6.05. The predicted octanol–water partition coefficient (Wildman–Crippen LogP) is 3.95. The molecule has 0 spiro atoms. The van der Waals surface area contributed by atoms with Crippen LogP contribution in [0, 0.1) is 5.92 Å². The third-order valence-corrected chi connectivity index (χ3v) is 7.87. The highest BCUT2D eigenvalue weighted by molar-refractivity contribution is 8.03. The van der Waals surface area contributed by atoms with Crippen molar-refractivity contribution in [2.75, 3.05) is 51.6 Å². The summed E-state index contributed by atoms with van der Waals surface area (Å²) in [6, 6.07) is 0. The zero-order valence-corrected chi connectivity index (χ0v) is 19.4. The van der Waals surface area contributed by atoms with Crippen LogP contribution in [-0.4, -0.2) is 71.3 Å². The van der Waals surface area contributed by atoms with Gasteiger partial charge in [0.15, 0.2) is 0 Å². The Morgan fingerprint density at radius 3 is 2.90 bits per heavy atom. The summed E-state index contributed by atoms with van der Waals surface area (Å²) in [5, 5.41) is 3.72. The van der Waals surface area contributed by atoms with E-state index in [4.69, 9.17) is 28.2 Å². The minimum Gasteiger partial charge on any atom is -0.354 e. The first kappa shape index (κ1) is 22.1. The zero-order valence-electron chi connectivity index (χ0n) is 17.1. The normalized spacial score (nSPS) is 24.9. The number of thioether (sulfide) groups is 1. The Kier molecular flexibility index (Phi) is 7.36. The third-order valence-electron chi connectivity index (χ3n) is 5.93. The maximum atomic E-state index is 11.5. The molecule has 0 radical (unpaired) electrons. The van der Waals surface area contributed by atoms with Crippen molar-refractivity contribution in [1.82, 2.24) is 19.8 Å². The summed E-state index contributed by atoms with van der Waals surface area (Å²) in [6.07, 6.45) is 8.39. The second-order valence-corrected chi connectivity index (χ2v) is 10.1. The molecule has 1 N–H and O–H groups in total. The first-order valence-electron chi connectivity index (χ1n) is 10.4. The number of allylic oxidation sites excluding steroid dienone is 4. The van der Waals surface area contributed by atoms with Crippen LogP contribution in [0.2, 0.25) is 5.02 Å². The number of hydrogen-bond acceptors (Lipinski definition) is 7. The zero-order chi connectivity index (χ0) is 21.1. The number of hydrogen-bond donors (Lipinski definition) is 1. The topological polar surface area (TPSA) is 61.4 Å². The fourth-order valence-electron chi connectivity index (χ4n) is 4.10. The van der Waals surface area contributed by atoms with Crippen molar-refractivity contribution >= 4 is 46.2 Å². The minimum atomic E-state index is -0.395. The Hall–Kier alpha value is -1.12. The van der Waals surface area contributed by atoms with Gasteiger partial charge < -0.3 is 15.1 Å². The molecule has 0 aromatic carbocycles. The summed E-state index contributed by atoms with van der Waals surface area (Å²) < 4.78 is 0. The molecule has 162 valence electrons. The maximum Gasteiger partial charge on any atom is 0.252 e. The van der Waals surface area contributed by atoms with E-state index in [2.05, 4.69) is 27.1 Å². The molecule has 4 rings (SSSR count). The molecule has 1 aliphatic carbocycles. The average Bonchev–Trinajstić information content (AvgIpc) is 3.16. The first-order valence-corrected chi connectivity index (χ1v) is 12.1. The van der Waals surface area contributed by atoms with Gasteiger partial charge in [-0.1, -0.05) is 17.7 Å². The number of rotatable bonds is 7. The SMILES string of the molecule is CN1CCN(CCCNc2ncc(Cl)c(C3CC4CC=C(C(=O)Cl)C=C4S3)n2)CC1. The van der Waals surface area contributed by atoms with Crippen molar-refractivity contribution in [3.05, 3.63) is 39.5 Å².